The van der Waals surface area contributed by atoms with Gasteiger partial charge < -0.3 is 10.6 Å². The summed E-state index contributed by atoms with van der Waals surface area (Å²) in [6.07, 6.45) is 0.920. The highest BCUT2D eigenvalue weighted by Gasteiger charge is 2.07. The zero-order chi connectivity index (χ0) is 13.0. The zero-order valence-electron chi connectivity index (χ0n) is 10.9. The van der Waals surface area contributed by atoms with Crippen molar-refractivity contribution in [3.8, 4) is 0 Å². The topological polar surface area (TPSA) is 42.1 Å². The Labute approximate surface area is 108 Å². The number of para-hydroxylation sites is 1. The second-order valence-electron chi connectivity index (χ2n) is 4.28. The number of anilines is 2. The molecule has 1 heterocycles. The summed E-state index contributed by atoms with van der Waals surface area (Å²) in [5, 5.41) is 0. The standard InChI is InChI=1S/C15H19N3/c1-3-13-9-12(11-16)10-15(17-13)18(2)14-7-5-4-6-8-14/h4-10H,3,11,16H2,1-2H3. The third-order valence-electron chi connectivity index (χ3n) is 3.01. The molecule has 1 aromatic carbocycles. The molecule has 2 aromatic rings. The highest BCUT2D eigenvalue weighted by atomic mass is 15.2. The number of nitrogens with two attached hydrogens (primary N) is 1. The molecule has 0 spiro atoms. The van der Waals surface area contributed by atoms with Crippen LogP contribution in [-0.4, -0.2) is 12.0 Å². The van der Waals surface area contributed by atoms with Gasteiger partial charge in [-0.15, -0.1) is 0 Å². The highest BCUT2D eigenvalue weighted by molar-refractivity contribution is 5.59. The van der Waals surface area contributed by atoms with E-state index in [2.05, 4.69) is 35.0 Å². The van der Waals surface area contributed by atoms with Crippen LogP contribution in [0, 0.1) is 0 Å². The number of hydrogen-bond acceptors (Lipinski definition) is 3. The normalized spacial score (nSPS) is 10.4. The van der Waals surface area contributed by atoms with Gasteiger partial charge in [-0.1, -0.05) is 25.1 Å². The van der Waals surface area contributed by atoms with Crippen LogP contribution in [0.2, 0.25) is 0 Å². The number of nitrogens with zero attached hydrogens (tertiary/aromatic N) is 2. The lowest BCUT2D eigenvalue weighted by molar-refractivity contribution is 0.971. The maximum Gasteiger partial charge on any atom is 0.133 e. The van der Waals surface area contributed by atoms with Crippen LogP contribution in [0.3, 0.4) is 0 Å². The van der Waals surface area contributed by atoms with Crippen molar-refractivity contribution in [2.24, 2.45) is 5.73 Å². The Kier molecular flexibility index (Phi) is 3.95. The van der Waals surface area contributed by atoms with E-state index in [4.69, 9.17) is 5.73 Å². The van der Waals surface area contributed by atoms with Crippen LogP contribution in [0.5, 0.6) is 0 Å². The van der Waals surface area contributed by atoms with Crippen LogP contribution in [0.1, 0.15) is 18.2 Å². The summed E-state index contributed by atoms with van der Waals surface area (Å²) in [5.41, 5.74) is 9.07. The van der Waals surface area contributed by atoms with Crippen LogP contribution >= 0.6 is 0 Å². The Morgan fingerprint density at radius 2 is 1.89 bits per heavy atom. The van der Waals surface area contributed by atoms with Gasteiger partial charge in [-0.25, -0.2) is 4.98 Å². The van der Waals surface area contributed by atoms with Gasteiger partial charge in [0.1, 0.15) is 5.82 Å². The number of aromatic nitrogens is 1. The molecule has 0 atom stereocenters. The largest absolute Gasteiger partial charge is 0.329 e. The van der Waals surface area contributed by atoms with Crippen LogP contribution in [0.15, 0.2) is 42.5 Å². The van der Waals surface area contributed by atoms with Gasteiger partial charge in [0.05, 0.1) is 0 Å². The van der Waals surface area contributed by atoms with Gasteiger partial charge in [0.25, 0.3) is 0 Å². The van der Waals surface area contributed by atoms with E-state index in [1.165, 1.54) is 0 Å². The van der Waals surface area contributed by atoms with Crippen LogP contribution in [0.25, 0.3) is 0 Å². The van der Waals surface area contributed by atoms with E-state index in [-0.39, 0.29) is 0 Å². The molecule has 0 saturated heterocycles. The molecule has 0 amide bonds. The molecule has 0 aliphatic heterocycles. The lowest BCUT2D eigenvalue weighted by Crippen LogP contribution is -2.13. The summed E-state index contributed by atoms with van der Waals surface area (Å²) in [7, 11) is 2.03. The summed E-state index contributed by atoms with van der Waals surface area (Å²) in [6.45, 7) is 2.65. The van der Waals surface area contributed by atoms with Gasteiger partial charge in [-0.3, -0.25) is 0 Å². The lowest BCUT2D eigenvalue weighted by atomic mass is 10.2. The average Bonchev–Trinajstić information content (AvgIpc) is 2.46. The number of benzene rings is 1. The first-order valence-corrected chi connectivity index (χ1v) is 6.23. The van der Waals surface area contributed by atoms with Crippen LogP contribution in [0.4, 0.5) is 11.5 Å². The molecule has 2 rings (SSSR count). The van der Waals surface area contributed by atoms with E-state index in [1.54, 1.807) is 0 Å². The van der Waals surface area contributed by atoms with Gasteiger partial charge in [-0.05, 0) is 36.2 Å². The Hall–Kier alpha value is -1.87. The van der Waals surface area contributed by atoms with Crippen molar-refractivity contribution < 1.29 is 0 Å². The minimum Gasteiger partial charge on any atom is -0.329 e. The zero-order valence-corrected chi connectivity index (χ0v) is 10.9. The second kappa shape index (κ2) is 5.65. The minimum atomic E-state index is 0.547. The summed E-state index contributed by atoms with van der Waals surface area (Å²) < 4.78 is 0. The molecule has 0 bridgehead atoms. The van der Waals surface area contributed by atoms with Crippen molar-refractivity contribution >= 4 is 11.5 Å². The molecular weight excluding hydrogens is 222 g/mol. The first-order valence-electron chi connectivity index (χ1n) is 6.23. The summed E-state index contributed by atoms with van der Waals surface area (Å²) in [4.78, 5) is 6.73. The second-order valence-corrected chi connectivity index (χ2v) is 4.28. The molecule has 3 nitrogen and oxygen atoms in total. The maximum absolute atomic E-state index is 5.73. The molecule has 0 radical (unpaired) electrons. The predicted octanol–water partition coefficient (Wildman–Crippen LogP) is 2.87. The van der Waals surface area contributed by atoms with E-state index < -0.39 is 0 Å². The van der Waals surface area contributed by atoms with E-state index in [9.17, 15) is 0 Å². The van der Waals surface area contributed by atoms with E-state index in [0.29, 0.717) is 6.54 Å². The smallest absolute Gasteiger partial charge is 0.133 e. The van der Waals surface area contributed by atoms with Crippen molar-refractivity contribution in [1.82, 2.24) is 4.98 Å². The van der Waals surface area contributed by atoms with Gasteiger partial charge in [0.15, 0.2) is 0 Å². The van der Waals surface area contributed by atoms with Crippen molar-refractivity contribution in [3.05, 3.63) is 53.7 Å². The molecule has 0 aliphatic carbocycles. The average molecular weight is 241 g/mol. The summed E-state index contributed by atoms with van der Waals surface area (Å²) in [6, 6.07) is 14.3. The van der Waals surface area contributed by atoms with Gasteiger partial charge in [0, 0.05) is 25.0 Å². The lowest BCUT2D eigenvalue weighted by Gasteiger charge is -2.19. The molecule has 0 saturated carbocycles. The van der Waals surface area contributed by atoms with Crippen molar-refractivity contribution in [2.45, 2.75) is 19.9 Å². The molecular formula is C15H19N3. The van der Waals surface area contributed by atoms with Gasteiger partial charge >= 0.3 is 0 Å². The first-order chi connectivity index (χ1) is 8.74. The van der Waals surface area contributed by atoms with Crippen molar-refractivity contribution in [2.75, 3.05) is 11.9 Å². The Morgan fingerprint density at radius 1 is 1.17 bits per heavy atom. The third kappa shape index (κ3) is 2.68. The quantitative estimate of drug-likeness (QED) is 0.895. The summed E-state index contributed by atoms with van der Waals surface area (Å²) >= 11 is 0. The molecule has 0 aliphatic rings. The van der Waals surface area contributed by atoms with E-state index in [0.717, 1.165) is 29.2 Å². The Bertz CT molecular complexity index is 486. The fourth-order valence-electron chi connectivity index (χ4n) is 1.89. The first kappa shape index (κ1) is 12.6. The van der Waals surface area contributed by atoms with Crippen LogP contribution < -0.4 is 10.6 Å². The van der Waals surface area contributed by atoms with E-state index in [1.807, 2.05) is 31.3 Å². The monoisotopic (exact) mass is 241 g/mol. The van der Waals surface area contributed by atoms with E-state index >= 15 is 0 Å². The number of pyridine rings is 1. The molecule has 94 valence electrons. The van der Waals surface area contributed by atoms with Gasteiger partial charge in [0.2, 0.25) is 0 Å². The highest BCUT2D eigenvalue weighted by Crippen LogP contribution is 2.22. The molecule has 18 heavy (non-hydrogen) atoms. The minimum absolute atomic E-state index is 0.547. The van der Waals surface area contributed by atoms with Crippen LogP contribution in [-0.2, 0) is 13.0 Å². The molecule has 1 aromatic heterocycles. The fraction of sp³-hybridized carbons (Fsp3) is 0.267. The number of aryl methyl sites for hydroxylation is 1. The molecule has 2 N–H and O–H groups in total. The number of rotatable bonds is 4. The SMILES string of the molecule is CCc1cc(CN)cc(N(C)c2ccccc2)n1. The fourth-order valence-corrected chi connectivity index (χ4v) is 1.89. The van der Waals surface area contributed by atoms with Crippen molar-refractivity contribution in [3.63, 3.8) is 0 Å². The van der Waals surface area contributed by atoms with Crippen molar-refractivity contribution in [1.29, 1.82) is 0 Å². The Morgan fingerprint density at radius 3 is 2.50 bits per heavy atom. The molecule has 0 fully saturated rings. The van der Waals surface area contributed by atoms with Gasteiger partial charge in [-0.2, -0.15) is 0 Å². The third-order valence-corrected chi connectivity index (χ3v) is 3.01. The summed E-state index contributed by atoms with van der Waals surface area (Å²) in [5.74, 6) is 0.945. The molecule has 0 unspecified atom stereocenters. The predicted molar refractivity (Wildman–Crippen MR) is 76.0 cm³/mol. The maximum atomic E-state index is 5.73. The number of hydrogen-bond donors (Lipinski definition) is 1. The Balaban J connectivity index is 2.38. The molecule has 3 heteroatoms.